The van der Waals surface area contributed by atoms with Gasteiger partial charge in [0.15, 0.2) is 0 Å². The molecular formula is C38H52FN3. The first kappa shape index (κ1) is 27.6. The van der Waals surface area contributed by atoms with Crippen LogP contribution >= 0.6 is 0 Å². The van der Waals surface area contributed by atoms with E-state index in [9.17, 15) is 4.39 Å². The lowest BCUT2D eigenvalue weighted by atomic mass is 9.42. The van der Waals surface area contributed by atoms with Crippen LogP contribution < -0.4 is 0 Å². The van der Waals surface area contributed by atoms with Crippen LogP contribution in [-0.2, 0) is 5.54 Å². The molecule has 6 aliphatic carbocycles. The number of rotatable bonds is 4. The van der Waals surface area contributed by atoms with Gasteiger partial charge in [0, 0.05) is 11.6 Å². The summed E-state index contributed by atoms with van der Waals surface area (Å²) in [5.74, 6) is 8.25. The molecule has 6 fully saturated rings. The molecule has 42 heavy (non-hydrogen) atoms. The average Bonchev–Trinajstić information content (AvgIpc) is 3.63. The van der Waals surface area contributed by atoms with Crippen molar-refractivity contribution in [3.8, 4) is 11.3 Å². The maximum absolute atomic E-state index is 13.5. The van der Waals surface area contributed by atoms with E-state index >= 15 is 0 Å². The predicted octanol–water partition coefficient (Wildman–Crippen LogP) is 9.99. The fraction of sp³-hybridized carbons (Fsp3) is 0.737. The largest absolute Gasteiger partial charge is 0.340 e. The fourth-order valence-electron chi connectivity index (χ4n) is 12.2. The summed E-state index contributed by atoms with van der Waals surface area (Å²) in [6, 6.07) is 6.72. The molecule has 1 N–H and O–H groups in total. The lowest BCUT2D eigenvalue weighted by Gasteiger charge is -2.63. The zero-order valence-electron chi connectivity index (χ0n) is 26.3. The van der Waals surface area contributed by atoms with Gasteiger partial charge in [-0.1, -0.05) is 27.2 Å². The van der Waals surface area contributed by atoms with Gasteiger partial charge in [0.1, 0.15) is 17.2 Å². The lowest BCUT2D eigenvalue weighted by Crippen LogP contribution is -2.56. The Morgan fingerprint density at radius 3 is 2.33 bits per heavy atom. The van der Waals surface area contributed by atoms with Crippen LogP contribution in [0.5, 0.6) is 0 Å². The van der Waals surface area contributed by atoms with E-state index in [4.69, 9.17) is 9.98 Å². The van der Waals surface area contributed by atoms with Crippen molar-refractivity contribution in [1.82, 2.24) is 9.97 Å². The molecule has 10 unspecified atom stereocenters. The van der Waals surface area contributed by atoms with Crippen molar-refractivity contribution in [3.05, 3.63) is 42.1 Å². The highest BCUT2D eigenvalue weighted by Gasteiger charge is 2.60. The molecule has 1 heterocycles. The minimum atomic E-state index is -0.202. The first-order chi connectivity index (χ1) is 20.3. The summed E-state index contributed by atoms with van der Waals surface area (Å²) in [4.78, 5) is 14.0. The highest BCUT2D eigenvalue weighted by atomic mass is 19.1. The molecule has 0 bridgehead atoms. The minimum Gasteiger partial charge on any atom is -0.340 e. The van der Waals surface area contributed by atoms with Gasteiger partial charge in [-0.2, -0.15) is 0 Å². The van der Waals surface area contributed by atoms with E-state index in [0.717, 1.165) is 77.3 Å². The van der Waals surface area contributed by atoms with Gasteiger partial charge >= 0.3 is 0 Å². The van der Waals surface area contributed by atoms with Gasteiger partial charge in [-0.25, -0.2) is 9.37 Å². The van der Waals surface area contributed by atoms with Crippen LogP contribution in [-0.4, -0.2) is 16.2 Å². The molecular weight excluding hydrogens is 517 g/mol. The first-order valence-corrected chi connectivity index (χ1v) is 17.7. The molecule has 0 amide bonds. The summed E-state index contributed by atoms with van der Waals surface area (Å²) < 4.78 is 13.5. The van der Waals surface area contributed by atoms with Crippen molar-refractivity contribution < 1.29 is 4.39 Å². The third kappa shape index (κ3) is 4.08. The zero-order chi connectivity index (χ0) is 28.7. The predicted molar refractivity (Wildman–Crippen MR) is 169 cm³/mol. The van der Waals surface area contributed by atoms with Gasteiger partial charge in [0.2, 0.25) is 0 Å². The van der Waals surface area contributed by atoms with E-state index in [1.165, 1.54) is 89.2 Å². The SMILES string of the molecule is CC1CCC2(C)C(CCC3C4CCC5(C=NC6(c7ncc(-c8ccc(F)cc8)[nH]7)CCC6)CCCC5C4CCC32)C1C. The van der Waals surface area contributed by atoms with Crippen LogP contribution in [0.1, 0.15) is 116 Å². The number of H-pyrrole nitrogens is 1. The second-order valence-corrected chi connectivity index (χ2v) is 16.3. The Hall–Kier alpha value is -1.97. The van der Waals surface area contributed by atoms with E-state index in [1.54, 1.807) is 0 Å². The Kier molecular flexibility index (Phi) is 6.58. The number of nitrogens with zero attached hydrogens (tertiary/aromatic N) is 2. The molecule has 2 aromatic rings. The molecule has 1 aromatic carbocycles. The Labute approximate surface area is 253 Å². The molecule has 10 atom stereocenters. The molecule has 6 aliphatic rings. The number of hydrogen-bond acceptors (Lipinski definition) is 2. The second kappa shape index (κ2) is 10.0. The fourth-order valence-corrected chi connectivity index (χ4v) is 12.2. The summed E-state index contributed by atoms with van der Waals surface area (Å²) in [5.41, 5.74) is 2.65. The zero-order valence-corrected chi connectivity index (χ0v) is 26.3. The number of fused-ring (bicyclic) bond motifs is 7. The third-order valence-electron chi connectivity index (χ3n) is 14.9. The summed E-state index contributed by atoms with van der Waals surface area (Å²) in [7, 11) is 0. The number of aromatic amines is 1. The number of benzene rings is 1. The molecule has 8 rings (SSSR count). The molecule has 0 spiro atoms. The molecule has 3 nitrogen and oxygen atoms in total. The second-order valence-electron chi connectivity index (χ2n) is 16.3. The third-order valence-corrected chi connectivity index (χ3v) is 14.9. The standard InChI is InChI=1S/C38H52FN3/c1-24-15-20-36(3)31(25(24)2)13-11-29-28-16-21-37(17-4-6-33(37)30(28)12-14-32(29)36)23-41-38(18-5-19-38)35-40-22-34(42-35)26-7-9-27(39)10-8-26/h7-10,22-25,28-33H,4-6,11-21H2,1-3H3,(H,40,42). The first-order valence-electron chi connectivity index (χ1n) is 17.7. The van der Waals surface area contributed by atoms with E-state index in [2.05, 4.69) is 32.0 Å². The number of aliphatic imine (C=N–C) groups is 1. The van der Waals surface area contributed by atoms with Gasteiger partial charge in [0.25, 0.3) is 0 Å². The van der Waals surface area contributed by atoms with Gasteiger partial charge in [-0.3, -0.25) is 4.99 Å². The monoisotopic (exact) mass is 569 g/mol. The van der Waals surface area contributed by atoms with Gasteiger partial charge in [0.05, 0.1) is 11.9 Å². The number of imidazole rings is 1. The summed E-state index contributed by atoms with van der Waals surface area (Å²) in [6.45, 7) is 7.85. The Bertz CT molecular complexity index is 1320. The summed E-state index contributed by atoms with van der Waals surface area (Å²) in [6.07, 6.45) is 23.6. The molecule has 0 radical (unpaired) electrons. The van der Waals surface area contributed by atoms with E-state index in [1.807, 2.05) is 18.3 Å². The van der Waals surface area contributed by atoms with Crippen LogP contribution in [0.15, 0.2) is 35.5 Å². The molecule has 226 valence electrons. The molecule has 0 saturated heterocycles. The maximum Gasteiger partial charge on any atom is 0.134 e. The van der Waals surface area contributed by atoms with Crippen LogP contribution in [0.3, 0.4) is 0 Å². The normalized spacial score (nSPS) is 44.1. The highest BCUT2D eigenvalue weighted by molar-refractivity contribution is 5.68. The smallest absolute Gasteiger partial charge is 0.134 e. The van der Waals surface area contributed by atoms with Crippen molar-refractivity contribution in [1.29, 1.82) is 0 Å². The number of aromatic nitrogens is 2. The molecule has 4 heteroatoms. The van der Waals surface area contributed by atoms with Crippen LogP contribution in [0.2, 0.25) is 0 Å². The van der Waals surface area contributed by atoms with Crippen LogP contribution in [0, 0.1) is 64.0 Å². The Morgan fingerprint density at radius 1 is 0.810 bits per heavy atom. The average molecular weight is 570 g/mol. The molecule has 6 saturated carbocycles. The van der Waals surface area contributed by atoms with Crippen LogP contribution in [0.25, 0.3) is 11.3 Å². The van der Waals surface area contributed by atoms with E-state index in [0.29, 0.717) is 10.8 Å². The van der Waals surface area contributed by atoms with Crippen molar-refractivity contribution in [3.63, 3.8) is 0 Å². The minimum absolute atomic E-state index is 0.198. The summed E-state index contributed by atoms with van der Waals surface area (Å²) >= 11 is 0. The number of nitrogens with one attached hydrogen (secondary N) is 1. The van der Waals surface area contributed by atoms with Gasteiger partial charge in [-0.15, -0.1) is 0 Å². The van der Waals surface area contributed by atoms with Gasteiger partial charge in [-0.05, 0) is 166 Å². The van der Waals surface area contributed by atoms with Gasteiger partial charge < -0.3 is 4.98 Å². The molecule has 0 aliphatic heterocycles. The topological polar surface area (TPSA) is 41.0 Å². The van der Waals surface area contributed by atoms with Crippen molar-refractivity contribution in [2.24, 2.45) is 63.2 Å². The Morgan fingerprint density at radius 2 is 1.57 bits per heavy atom. The number of hydrogen-bond donors (Lipinski definition) is 1. The van der Waals surface area contributed by atoms with E-state index < -0.39 is 0 Å². The Balaban J connectivity index is 1.03. The van der Waals surface area contributed by atoms with Crippen molar-refractivity contribution in [2.45, 2.75) is 116 Å². The van der Waals surface area contributed by atoms with Crippen LogP contribution in [0.4, 0.5) is 4.39 Å². The van der Waals surface area contributed by atoms with E-state index in [-0.39, 0.29) is 11.4 Å². The highest BCUT2D eigenvalue weighted by Crippen LogP contribution is 2.68. The van der Waals surface area contributed by atoms with Crippen molar-refractivity contribution >= 4 is 6.21 Å². The van der Waals surface area contributed by atoms with Crippen molar-refractivity contribution in [2.75, 3.05) is 0 Å². The molecule has 1 aromatic heterocycles. The quantitative estimate of drug-likeness (QED) is 0.366. The number of halogens is 1. The summed E-state index contributed by atoms with van der Waals surface area (Å²) in [5, 5.41) is 0. The maximum atomic E-state index is 13.5. The lowest BCUT2D eigenvalue weighted by molar-refractivity contribution is -0.137.